The van der Waals surface area contributed by atoms with Crippen LogP contribution < -0.4 is 4.90 Å². The van der Waals surface area contributed by atoms with Gasteiger partial charge in [-0.25, -0.2) is 4.98 Å². The third-order valence-electron chi connectivity index (χ3n) is 3.40. The van der Waals surface area contributed by atoms with Gasteiger partial charge in [-0.3, -0.25) is 0 Å². The fourth-order valence-electron chi connectivity index (χ4n) is 2.32. The molecule has 0 spiro atoms. The number of hydrogen-bond acceptors (Lipinski definition) is 3. The Morgan fingerprint density at radius 3 is 2.71 bits per heavy atom. The highest BCUT2D eigenvalue weighted by Crippen LogP contribution is 2.30. The van der Waals surface area contributed by atoms with Gasteiger partial charge in [0.05, 0.1) is 15.4 Å². The molecule has 1 heterocycles. The van der Waals surface area contributed by atoms with Crippen molar-refractivity contribution in [1.29, 1.82) is 0 Å². The molecule has 1 saturated carbocycles. The first-order valence-electron chi connectivity index (χ1n) is 5.80. The van der Waals surface area contributed by atoms with E-state index in [0.717, 1.165) is 34.9 Å². The standard InChI is InChI=1S/C12H16ClIN2O/c1-16(8-2-4-9(17)5-3-8)11-6-12(13)15-7-10(11)14/h6-9,17H,2-5H2,1H3. The van der Waals surface area contributed by atoms with Gasteiger partial charge in [0.1, 0.15) is 5.15 Å². The van der Waals surface area contributed by atoms with Gasteiger partial charge in [0.15, 0.2) is 0 Å². The summed E-state index contributed by atoms with van der Waals surface area (Å²) in [5, 5.41) is 10.1. The van der Waals surface area contributed by atoms with E-state index in [0.29, 0.717) is 11.2 Å². The summed E-state index contributed by atoms with van der Waals surface area (Å²) < 4.78 is 1.11. The largest absolute Gasteiger partial charge is 0.393 e. The van der Waals surface area contributed by atoms with Crippen LogP contribution in [0.15, 0.2) is 12.3 Å². The minimum Gasteiger partial charge on any atom is -0.393 e. The second kappa shape index (κ2) is 5.71. The van der Waals surface area contributed by atoms with Gasteiger partial charge in [-0.1, -0.05) is 11.6 Å². The lowest BCUT2D eigenvalue weighted by atomic mass is 9.92. The lowest BCUT2D eigenvalue weighted by molar-refractivity contribution is 0.122. The molecule has 17 heavy (non-hydrogen) atoms. The molecule has 1 aromatic rings. The zero-order valence-electron chi connectivity index (χ0n) is 9.74. The molecule has 0 saturated heterocycles. The molecular weight excluding hydrogens is 351 g/mol. The number of hydrogen-bond donors (Lipinski definition) is 1. The number of aliphatic hydroxyl groups excluding tert-OH is 1. The molecule has 0 aromatic carbocycles. The van der Waals surface area contributed by atoms with Crippen LogP contribution in [0.25, 0.3) is 0 Å². The monoisotopic (exact) mass is 366 g/mol. The van der Waals surface area contributed by atoms with Gasteiger partial charge >= 0.3 is 0 Å². The van der Waals surface area contributed by atoms with Crippen molar-refractivity contribution in [3.05, 3.63) is 21.0 Å². The summed E-state index contributed by atoms with van der Waals surface area (Å²) in [6, 6.07) is 2.40. The highest BCUT2D eigenvalue weighted by Gasteiger charge is 2.24. The van der Waals surface area contributed by atoms with E-state index in [4.69, 9.17) is 11.6 Å². The average Bonchev–Trinajstić information content (AvgIpc) is 2.32. The van der Waals surface area contributed by atoms with E-state index in [1.54, 1.807) is 6.20 Å². The number of halogens is 2. The van der Waals surface area contributed by atoms with Crippen LogP contribution >= 0.6 is 34.2 Å². The van der Waals surface area contributed by atoms with Crippen LogP contribution in [0, 0.1) is 3.57 Å². The van der Waals surface area contributed by atoms with Gasteiger partial charge in [0, 0.05) is 19.3 Å². The van der Waals surface area contributed by atoms with E-state index in [2.05, 4.69) is 39.5 Å². The molecular formula is C12H16ClIN2O. The van der Waals surface area contributed by atoms with E-state index in [-0.39, 0.29) is 6.10 Å². The van der Waals surface area contributed by atoms with Crippen LogP contribution in [0.4, 0.5) is 5.69 Å². The summed E-state index contributed by atoms with van der Waals surface area (Å²) in [6.45, 7) is 0. The normalized spacial score (nSPS) is 24.7. The second-order valence-corrected chi connectivity index (χ2v) is 6.08. The minimum atomic E-state index is -0.111. The Kier molecular flexibility index (Phi) is 4.49. The fraction of sp³-hybridized carbons (Fsp3) is 0.583. The molecule has 0 amide bonds. The smallest absolute Gasteiger partial charge is 0.131 e. The quantitative estimate of drug-likeness (QED) is 0.645. The van der Waals surface area contributed by atoms with Crippen molar-refractivity contribution >= 4 is 39.9 Å². The van der Waals surface area contributed by atoms with Crippen molar-refractivity contribution < 1.29 is 5.11 Å². The Labute approximate surface area is 120 Å². The summed E-state index contributed by atoms with van der Waals surface area (Å²) in [5.74, 6) is 0. The Bertz CT molecular complexity index is 394. The highest BCUT2D eigenvalue weighted by atomic mass is 127. The Balaban J connectivity index is 2.13. The SMILES string of the molecule is CN(c1cc(Cl)ncc1I)C1CCC(O)CC1. The lowest BCUT2D eigenvalue weighted by Gasteiger charge is -2.35. The molecule has 5 heteroatoms. The summed E-state index contributed by atoms with van der Waals surface area (Å²) in [6.07, 6.45) is 5.54. The molecule has 0 bridgehead atoms. The number of aromatic nitrogens is 1. The van der Waals surface area contributed by atoms with Crippen LogP contribution in [-0.4, -0.2) is 29.3 Å². The Morgan fingerprint density at radius 2 is 2.06 bits per heavy atom. The van der Waals surface area contributed by atoms with Crippen molar-refractivity contribution in [2.75, 3.05) is 11.9 Å². The van der Waals surface area contributed by atoms with Gasteiger partial charge in [-0.2, -0.15) is 0 Å². The summed E-state index contributed by atoms with van der Waals surface area (Å²) in [4.78, 5) is 6.34. The number of nitrogens with zero attached hydrogens (tertiary/aromatic N) is 2. The van der Waals surface area contributed by atoms with Crippen molar-refractivity contribution in [3.63, 3.8) is 0 Å². The maximum atomic E-state index is 9.53. The number of pyridine rings is 1. The van der Waals surface area contributed by atoms with Crippen LogP contribution in [0.3, 0.4) is 0 Å². The number of rotatable bonds is 2. The number of anilines is 1. The molecule has 0 unspecified atom stereocenters. The van der Waals surface area contributed by atoms with E-state index in [9.17, 15) is 5.11 Å². The number of aliphatic hydroxyl groups is 1. The molecule has 3 nitrogen and oxygen atoms in total. The first-order chi connectivity index (χ1) is 8.08. The molecule has 1 aliphatic rings. The molecule has 2 rings (SSSR count). The van der Waals surface area contributed by atoms with Gasteiger partial charge < -0.3 is 10.0 Å². The molecule has 1 aliphatic carbocycles. The summed E-state index contributed by atoms with van der Waals surface area (Å²) >= 11 is 8.22. The lowest BCUT2D eigenvalue weighted by Crippen LogP contribution is -2.36. The van der Waals surface area contributed by atoms with E-state index in [1.807, 2.05) is 6.07 Å². The topological polar surface area (TPSA) is 36.4 Å². The van der Waals surface area contributed by atoms with Gasteiger partial charge in [0.25, 0.3) is 0 Å². The van der Waals surface area contributed by atoms with Gasteiger partial charge in [0.2, 0.25) is 0 Å². The van der Waals surface area contributed by atoms with E-state index >= 15 is 0 Å². The van der Waals surface area contributed by atoms with Crippen molar-refractivity contribution in [3.8, 4) is 0 Å². The molecule has 1 aromatic heterocycles. The average molecular weight is 367 g/mol. The van der Waals surface area contributed by atoms with E-state index in [1.165, 1.54) is 0 Å². The Morgan fingerprint density at radius 1 is 1.41 bits per heavy atom. The summed E-state index contributed by atoms with van der Waals surface area (Å²) in [7, 11) is 2.09. The molecule has 1 N–H and O–H groups in total. The third-order valence-corrected chi connectivity index (χ3v) is 4.43. The first kappa shape index (κ1) is 13.4. The fourth-order valence-corrected chi connectivity index (χ4v) is 3.14. The van der Waals surface area contributed by atoms with Crippen molar-refractivity contribution in [1.82, 2.24) is 4.98 Å². The predicted molar refractivity (Wildman–Crippen MR) is 78.6 cm³/mol. The minimum absolute atomic E-state index is 0.111. The van der Waals surface area contributed by atoms with Gasteiger partial charge in [-0.15, -0.1) is 0 Å². The second-order valence-electron chi connectivity index (χ2n) is 4.53. The molecule has 0 radical (unpaired) electrons. The van der Waals surface area contributed by atoms with Crippen LogP contribution in [0.5, 0.6) is 0 Å². The van der Waals surface area contributed by atoms with Gasteiger partial charge in [-0.05, 0) is 54.3 Å². The molecule has 0 aliphatic heterocycles. The Hall–Kier alpha value is -0.0700. The van der Waals surface area contributed by atoms with E-state index < -0.39 is 0 Å². The molecule has 94 valence electrons. The van der Waals surface area contributed by atoms with Crippen molar-refractivity contribution in [2.24, 2.45) is 0 Å². The zero-order valence-corrected chi connectivity index (χ0v) is 12.6. The highest BCUT2D eigenvalue weighted by molar-refractivity contribution is 14.1. The maximum Gasteiger partial charge on any atom is 0.131 e. The predicted octanol–water partition coefficient (Wildman–Crippen LogP) is 3.08. The zero-order chi connectivity index (χ0) is 12.4. The van der Waals surface area contributed by atoms with Crippen LogP contribution in [-0.2, 0) is 0 Å². The molecule has 0 atom stereocenters. The third kappa shape index (κ3) is 3.23. The van der Waals surface area contributed by atoms with Crippen molar-refractivity contribution in [2.45, 2.75) is 37.8 Å². The maximum absolute atomic E-state index is 9.53. The van der Waals surface area contributed by atoms with Crippen LogP contribution in [0.2, 0.25) is 5.15 Å². The summed E-state index contributed by atoms with van der Waals surface area (Å²) in [5.41, 5.74) is 1.13. The van der Waals surface area contributed by atoms with Crippen LogP contribution in [0.1, 0.15) is 25.7 Å². The molecule has 1 fully saturated rings. The first-order valence-corrected chi connectivity index (χ1v) is 7.25.